The first-order valence-electron chi connectivity index (χ1n) is 23.9. The number of anilines is 2. The first kappa shape index (κ1) is 54.9. The van der Waals surface area contributed by atoms with Gasteiger partial charge in [0, 0.05) is 61.3 Å². The third-order valence-corrected chi connectivity index (χ3v) is 16.3. The van der Waals surface area contributed by atoms with Gasteiger partial charge in [-0.3, -0.25) is 0 Å². The van der Waals surface area contributed by atoms with E-state index in [4.69, 9.17) is 58.3 Å². The summed E-state index contributed by atoms with van der Waals surface area (Å²) in [5, 5.41) is 1.63. The number of halogens is 2. The Morgan fingerprint density at radius 2 is 1.22 bits per heavy atom. The predicted molar refractivity (Wildman–Crippen MR) is 268 cm³/mol. The van der Waals surface area contributed by atoms with Crippen LogP contribution in [0, 0.1) is 30.2 Å². The molecule has 0 radical (unpaired) electrons. The predicted octanol–water partition coefficient (Wildman–Crippen LogP) is 8.88. The molecule has 2 spiro atoms. The van der Waals surface area contributed by atoms with Crippen LogP contribution in [0.25, 0.3) is 4.85 Å². The van der Waals surface area contributed by atoms with Crippen molar-refractivity contribution in [2.24, 2.45) is 23.7 Å². The van der Waals surface area contributed by atoms with Gasteiger partial charge in [-0.2, -0.15) is 9.59 Å². The van der Waals surface area contributed by atoms with Gasteiger partial charge in [-0.15, -0.1) is 13.2 Å². The average Bonchev–Trinajstić information content (AvgIpc) is 3.58. The molecule has 0 unspecified atom stereocenters. The minimum absolute atomic E-state index is 0. The minimum atomic E-state index is -0.0895. The van der Waals surface area contributed by atoms with Gasteiger partial charge in [-0.25, -0.2) is 4.85 Å². The number of rotatable bonds is 10. The summed E-state index contributed by atoms with van der Waals surface area (Å²) in [6.45, 7) is 20.7. The van der Waals surface area contributed by atoms with E-state index in [1.165, 1.54) is 60.0 Å². The number of methoxy groups -OCH3 is 2. The van der Waals surface area contributed by atoms with Gasteiger partial charge in [0.05, 0.1) is 43.4 Å². The Morgan fingerprint density at radius 1 is 0.739 bits per heavy atom. The largest absolute Gasteiger partial charge is 1.00 e. The molecule has 2 saturated carbocycles. The zero-order valence-corrected chi connectivity index (χ0v) is 45.0. The second-order valence-electron chi connectivity index (χ2n) is 19.4. The zero-order chi connectivity index (χ0) is 47.1. The second kappa shape index (κ2) is 24.8. The van der Waals surface area contributed by atoms with Crippen molar-refractivity contribution in [1.29, 1.82) is 0 Å². The maximum atomic E-state index is 8.12. The molecule has 4 aromatic rings. The molecule has 0 amide bonds. The maximum Gasteiger partial charge on any atom is 1.00 e. The fraction of sp³-hybridized carbons (Fsp3) is 0.464. The van der Waals surface area contributed by atoms with Gasteiger partial charge in [0.1, 0.15) is 11.5 Å². The van der Waals surface area contributed by atoms with Crippen LogP contribution in [0.4, 0.5) is 17.1 Å². The summed E-state index contributed by atoms with van der Waals surface area (Å²) in [7, 11) is 3.58. The molecule has 0 aromatic heterocycles. The van der Waals surface area contributed by atoms with Crippen LogP contribution >= 0.6 is 23.2 Å². The molecule has 4 aromatic carbocycles. The summed E-state index contributed by atoms with van der Waals surface area (Å²) in [5.41, 5.74) is 8.35. The van der Waals surface area contributed by atoms with E-state index in [9.17, 15) is 0 Å². The second-order valence-corrected chi connectivity index (χ2v) is 20.3. The van der Waals surface area contributed by atoms with Crippen LogP contribution in [0.15, 0.2) is 104 Å². The fourth-order valence-corrected chi connectivity index (χ4v) is 12.6. The van der Waals surface area contributed by atoms with Crippen molar-refractivity contribution >= 4 is 46.4 Å². The van der Waals surface area contributed by atoms with Crippen LogP contribution < -0.4 is 70.7 Å². The zero-order valence-electron chi connectivity index (χ0n) is 40.3. The molecule has 6 aliphatic rings. The van der Waals surface area contributed by atoms with E-state index in [1.54, 1.807) is 14.2 Å². The Balaban J connectivity index is 0.000000209. The van der Waals surface area contributed by atoms with Crippen LogP contribution in [0.3, 0.4) is 0 Å². The van der Waals surface area contributed by atoms with Gasteiger partial charge in [0.2, 0.25) is 0 Å². The Hall–Kier alpha value is -3.47. The van der Waals surface area contributed by atoms with E-state index >= 15 is 0 Å². The summed E-state index contributed by atoms with van der Waals surface area (Å²) < 4.78 is 24.4. The van der Waals surface area contributed by atoms with E-state index in [1.807, 2.05) is 42.5 Å². The third kappa shape index (κ3) is 11.7. The van der Waals surface area contributed by atoms with Crippen LogP contribution in [0.5, 0.6) is 11.5 Å². The quantitative estimate of drug-likeness (QED) is 0.0875. The van der Waals surface area contributed by atoms with Crippen LogP contribution in [0.2, 0.25) is 10.0 Å². The van der Waals surface area contributed by atoms with Crippen LogP contribution in [-0.2, 0) is 42.7 Å². The molecule has 2 fully saturated rings. The molecule has 1 N–H and O–H groups in total. The number of ether oxygens (including phenoxy) is 4. The van der Waals surface area contributed by atoms with Crippen molar-refractivity contribution < 1.29 is 85.4 Å². The molecule has 10 rings (SSSR count). The van der Waals surface area contributed by atoms with Gasteiger partial charge in [0.15, 0.2) is 5.69 Å². The third-order valence-electron chi connectivity index (χ3n) is 15.8. The van der Waals surface area contributed by atoms with Crippen LogP contribution in [-0.4, -0.2) is 77.4 Å². The van der Waals surface area contributed by atoms with Gasteiger partial charge < -0.3 is 34.2 Å². The van der Waals surface area contributed by atoms with Crippen molar-refractivity contribution in [3.63, 3.8) is 0 Å². The number of nitrogens with zero attached hydrogens (tertiary/aromatic N) is 3. The van der Waals surface area contributed by atoms with E-state index in [0.29, 0.717) is 36.0 Å². The molecule has 2 heterocycles. The van der Waals surface area contributed by atoms with Crippen molar-refractivity contribution in [3.05, 3.63) is 148 Å². The van der Waals surface area contributed by atoms with Gasteiger partial charge in [0.25, 0.3) is 0 Å². The molecular weight excluding hydrogens is 937 g/mol. The minimum Gasteiger partial charge on any atom is -0.870 e. The van der Waals surface area contributed by atoms with Gasteiger partial charge >= 0.3 is 57.5 Å². The SMILES string of the molecule is C=C[C@H](OC)[C@@H]1CC[C@H]1CN1C[C@@]2(CCCc3cc(Cl)ccc32)COc2ccccc21.O=C=O.[C-]#[N+]c1ccc2c(c1)N(C[C@@H]1CC[C@H]1[C@H](C=C)OC)C[C@@]1(CCCc3cc(Cl)ccc31)CO2.[K+].[OH-]. The Bertz CT molecular complexity index is 2500. The average molecular weight is 1000 g/mol. The summed E-state index contributed by atoms with van der Waals surface area (Å²) in [4.78, 5) is 25.0. The van der Waals surface area contributed by atoms with Crippen molar-refractivity contribution in [2.45, 2.75) is 87.2 Å². The van der Waals surface area contributed by atoms with Crippen molar-refractivity contribution in [1.82, 2.24) is 0 Å². The molecule has 2 aliphatic heterocycles. The molecule has 0 bridgehead atoms. The number of fused-ring (bicyclic) bond motifs is 6. The van der Waals surface area contributed by atoms with E-state index < -0.39 is 0 Å². The smallest absolute Gasteiger partial charge is 0.870 e. The van der Waals surface area contributed by atoms with Gasteiger partial charge in [-0.1, -0.05) is 65.7 Å². The number of hydrogen-bond donors (Lipinski definition) is 0. The standard InChI is InChI=1S/C28H31ClN2O2.C27H32ClNO2.CO2.K.H2O/c1-4-26(32-3)23-10-7-20(23)16-31-17-28(13-5-6-19-14-21(29)8-11-24(19)28)18-33-27-12-9-22(30-2)15-25(27)31;1-3-25(30-2)22-12-10-20(22)16-29-17-27(18-31-26-9-5-4-8-24(26)29)14-6-7-19-15-21(28)11-13-23(19)27;2-1-3;;/h4,8-9,11-12,14-15,20,23,26H,1,5-7,10,13,16-18H2,3H3;3-5,8-9,11,13,15,20,22,25H,1,6-7,10,12,14,16-18H2,2H3;;;1H2/q;;;+1;/p-1/t20-,23+,26-,28-;20-,22+,25-,27-;;;/m00.../s1. The number of para-hydroxylation sites is 2. The van der Waals surface area contributed by atoms with E-state index in [0.717, 1.165) is 92.1 Å². The topological polar surface area (TPSA) is 112 Å². The first-order valence-corrected chi connectivity index (χ1v) is 24.6. The molecule has 69 heavy (non-hydrogen) atoms. The molecule has 10 nitrogen and oxygen atoms in total. The monoisotopic (exact) mass is 999 g/mol. The summed E-state index contributed by atoms with van der Waals surface area (Å²) in [6.07, 6.45) is 15.9. The normalized spacial score (nSPS) is 25.5. The first-order chi connectivity index (χ1) is 32.6. The van der Waals surface area contributed by atoms with Crippen molar-refractivity contribution in [2.75, 3.05) is 63.4 Å². The molecule has 360 valence electrons. The molecular formula is C56H64Cl2KN3O7. The number of carbonyl (C=O) groups excluding carboxylic acids is 2. The Labute approximate surface area is 461 Å². The Morgan fingerprint density at radius 3 is 1.67 bits per heavy atom. The molecule has 8 atom stereocenters. The van der Waals surface area contributed by atoms with Crippen molar-refractivity contribution in [3.8, 4) is 11.5 Å². The maximum absolute atomic E-state index is 8.12. The Kier molecular flexibility index (Phi) is 19.7. The number of aryl methyl sites for hydroxylation is 2. The van der Waals surface area contributed by atoms with Crippen LogP contribution in [0.1, 0.15) is 73.6 Å². The molecule has 13 heteroatoms. The number of benzene rings is 4. The molecule has 4 aliphatic carbocycles. The van der Waals surface area contributed by atoms with E-state index in [2.05, 4.69) is 76.3 Å². The molecule has 0 saturated heterocycles. The summed E-state index contributed by atoms with van der Waals surface area (Å²) in [6, 6.07) is 27.2. The summed E-state index contributed by atoms with van der Waals surface area (Å²) >= 11 is 12.7. The van der Waals surface area contributed by atoms with Gasteiger partial charge in [-0.05, 0) is 159 Å². The number of hydrogen-bond acceptors (Lipinski definition) is 9. The summed E-state index contributed by atoms with van der Waals surface area (Å²) in [5.74, 6) is 4.05. The fourth-order valence-electron chi connectivity index (χ4n) is 12.2. The van der Waals surface area contributed by atoms with E-state index in [-0.39, 0.29) is 86.1 Å².